The lowest BCUT2D eigenvalue weighted by molar-refractivity contribution is 0.0949. The van der Waals surface area contributed by atoms with Crippen LogP contribution >= 0.6 is 15.9 Å². The van der Waals surface area contributed by atoms with Crippen LogP contribution in [-0.2, 0) is 20.6 Å². The molecule has 2 heterocycles. The SMILES string of the molecule is CCNC(=O)c1cc2c(n1S(=O)(=O)Cc1ccccc1)C(=C=O)N(C)C=C2Br. The van der Waals surface area contributed by atoms with Gasteiger partial charge in [0, 0.05) is 29.8 Å². The standard InChI is InChI=1S/C19H18BrN3O4S/c1-3-21-19(25)16-9-14-15(20)10-22(2)17(11-24)18(14)23(16)28(26,27)12-13-7-5-4-6-8-13/h4-10H,3,12H2,1-2H3,(H,21,25). The molecule has 1 aliphatic rings. The minimum atomic E-state index is -4.01. The number of nitrogens with zero attached hydrogens (tertiary/aromatic N) is 2. The average molecular weight is 464 g/mol. The number of aromatic nitrogens is 1. The van der Waals surface area contributed by atoms with Crippen LogP contribution in [0.5, 0.6) is 0 Å². The first-order chi connectivity index (χ1) is 13.3. The zero-order chi connectivity index (χ0) is 20.5. The summed E-state index contributed by atoms with van der Waals surface area (Å²) in [5.74, 6) is 0.940. The largest absolute Gasteiger partial charge is 0.351 e. The van der Waals surface area contributed by atoms with E-state index in [1.165, 1.54) is 11.0 Å². The van der Waals surface area contributed by atoms with E-state index in [1.807, 2.05) is 0 Å². The summed E-state index contributed by atoms with van der Waals surface area (Å²) in [6, 6.07) is 10.1. The first-order valence-corrected chi connectivity index (χ1v) is 10.9. The number of carbonyl (C=O) groups is 1. The molecule has 7 nitrogen and oxygen atoms in total. The van der Waals surface area contributed by atoms with Crippen molar-refractivity contribution >= 4 is 48.0 Å². The van der Waals surface area contributed by atoms with Crippen molar-refractivity contribution in [3.8, 4) is 0 Å². The van der Waals surface area contributed by atoms with E-state index < -0.39 is 15.9 Å². The Morgan fingerprint density at radius 3 is 2.54 bits per heavy atom. The van der Waals surface area contributed by atoms with Crippen molar-refractivity contribution in [2.45, 2.75) is 12.7 Å². The number of rotatable bonds is 5. The van der Waals surface area contributed by atoms with E-state index in [-0.39, 0.29) is 22.8 Å². The average Bonchev–Trinajstić information content (AvgIpc) is 3.05. The van der Waals surface area contributed by atoms with Crippen molar-refractivity contribution in [2.24, 2.45) is 0 Å². The Hall–Kier alpha value is -2.61. The number of hydrogen-bond acceptors (Lipinski definition) is 5. The zero-order valence-electron chi connectivity index (χ0n) is 15.3. The molecule has 0 bridgehead atoms. The van der Waals surface area contributed by atoms with Crippen LogP contribution in [0.1, 0.15) is 34.2 Å². The van der Waals surface area contributed by atoms with Gasteiger partial charge in [-0.2, -0.15) is 0 Å². The fourth-order valence-electron chi connectivity index (χ4n) is 3.04. The molecule has 0 saturated carbocycles. The first kappa shape index (κ1) is 20.1. The third-order valence-corrected chi connectivity index (χ3v) is 6.50. The fourth-order valence-corrected chi connectivity index (χ4v) is 5.29. The summed E-state index contributed by atoms with van der Waals surface area (Å²) in [5.41, 5.74) is 1.10. The minimum absolute atomic E-state index is 0.0328. The van der Waals surface area contributed by atoms with Crippen LogP contribution < -0.4 is 5.32 Å². The maximum atomic E-state index is 13.3. The second kappa shape index (κ2) is 7.79. The number of nitrogens with one attached hydrogen (secondary N) is 1. The van der Waals surface area contributed by atoms with Crippen molar-refractivity contribution in [1.29, 1.82) is 0 Å². The van der Waals surface area contributed by atoms with Gasteiger partial charge in [0.1, 0.15) is 11.4 Å². The molecule has 2 aromatic rings. The quantitative estimate of drug-likeness (QED) is 0.687. The molecule has 0 saturated heterocycles. The van der Waals surface area contributed by atoms with Crippen LogP contribution in [-0.4, -0.2) is 42.7 Å². The molecular weight excluding hydrogens is 446 g/mol. The first-order valence-electron chi connectivity index (χ1n) is 8.47. The number of hydrogen-bond donors (Lipinski definition) is 1. The Kier molecular flexibility index (Phi) is 5.60. The lowest BCUT2D eigenvalue weighted by atomic mass is 10.1. The van der Waals surface area contributed by atoms with Gasteiger partial charge < -0.3 is 10.2 Å². The molecule has 1 amide bonds. The monoisotopic (exact) mass is 463 g/mol. The number of amides is 1. The lowest BCUT2D eigenvalue weighted by Gasteiger charge is -2.23. The maximum absolute atomic E-state index is 13.3. The van der Waals surface area contributed by atoms with E-state index >= 15 is 0 Å². The van der Waals surface area contributed by atoms with Crippen LogP contribution in [0.2, 0.25) is 0 Å². The van der Waals surface area contributed by atoms with E-state index in [4.69, 9.17) is 0 Å². The van der Waals surface area contributed by atoms with Crippen LogP contribution in [0.25, 0.3) is 10.2 Å². The van der Waals surface area contributed by atoms with E-state index in [0.29, 0.717) is 22.2 Å². The Morgan fingerprint density at radius 1 is 1.25 bits per heavy atom. The van der Waals surface area contributed by atoms with Gasteiger partial charge in [-0.1, -0.05) is 30.3 Å². The third-order valence-electron chi connectivity index (χ3n) is 4.24. The van der Waals surface area contributed by atoms with Crippen LogP contribution in [0.15, 0.2) is 42.6 Å². The smallest absolute Gasteiger partial charge is 0.269 e. The predicted molar refractivity (Wildman–Crippen MR) is 111 cm³/mol. The molecule has 3 rings (SSSR count). The van der Waals surface area contributed by atoms with Gasteiger partial charge in [0.15, 0.2) is 11.6 Å². The van der Waals surface area contributed by atoms with Crippen LogP contribution in [0, 0.1) is 0 Å². The third kappa shape index (κ3) is 3.56. The second-order valence-electron chi connectivity index (χ2n) is 6.20. The second-order valence-corrected chi connectivity index (χ2v) is 8.87. The molecule has 0 radical (unpaired) electrons. The number of carbonyl (C=O) groups excluding carboxylic acids is 2. The van der Waals surface area contributed by atoms with Gasteiger partial charge in [-0.05, 0) is 34.5 Å². The van der Waals surface area contributed by atoms with Crippen molar-refractivity contribution in [3.05, 3.63) is 65.1 Å². The molecular formula is C19H18BrN3O4S. The normalized spacial score (nSPS) is 13.6. The van der Waals surface area contributed by atoms with Gasteiger partial charge in [0.25, 0.3) is 5.91 Å². The Balaban J connectivity index is 2.28. The number of halogens is 1. The topological polar surface area (TPSA) is 88.5 Å². The maximum Gasteiger partial charge on any atom is 0.269 e. The van der Waals surface area contributed by atoms with Gasteiger partial charge in [-0.25, -0.2) is 17.2 Å². The summed E-state index contributed by atoms with van der Waals surface area (Å²) >= 11 is 3.39. The molecule has 1 N–H and O–H groups in total. The summed E-state index contributed by atoms with van der Waals surface area (Å²) in [6.07, 6.45) is 1.62. The lowest BCUT2D eigenvalue weighted by Crippen LogP contribution is -2.30. The minimum Gasteiger partial charge on any atom is -0.351 e. The van der Waals surface area contributed by atoms with E-state index in [1.54, 1.807) is 56.4 Å². The Bertz CT molecular complexity index is 1110. The summed E-state index contributed by atoms with van der Waals surface area (Å²) < 4.78 is 28.2. The summed E-state index contributed by atoms with van der Waals surface area (Å²) in [7, 11) is -2.41. The van der Waals surface area contributed by atoms with Crippen molar-refractivity contribution in [1.82, 2.24) is 14.2 Å². The molecule has 146 valence electrons. The van der Waals surface area contributed by atoms with Gasteiger partial charge in [0.05, 0.1) is 5.75 Å². The van der Waals surface area contributed by atoms with Gasteiger partial charge in [-0.15, -0.1) is 0 Å². The molecule has 1 aromatic carbocycles. The molecule has 0 atom stereocenters. The van der Waals surface area contributed by atoms with Gasteiger partial charge in [0.2, 0.25) is 10.0 Å². The van der Waals surface area contributed by atoms with E-state index in [0.717, 1.165) is 3.97 Å². The fraction of sp³-hybridized carbons (Fsp3) is 0.211. The van der Waals surface area contributed by atoms with Gasteiger partial charge >= 0.3 is 0 Å². The molecule has 0 spiro atoms. The zero-order valence-corrected chi connectivity index (χ0v) is 17.7. The highest BCUT2D eigenvalue weighted by Crippen LogP contribution is 2.38. The molecule has 0 unspecified atom stereocenters. The molecule has 28 heavy (non-hydrogen) atoms. The van der Waals surface area contributed by atoms with Crippen molar-refractivity contribution in [3.63, 3.8) is 0 Å². The van der Waals surface area contributed by atoms with E-state index in [9.17, 15) is 18.0 Å². The molecule has 9 heteroatoms. The van der Waals surface area contributed by atoms with Crippen molar-refractivity contribution < 1.29 is 18.0 Å². The van der Waals surface area contributed by atoms with E-state index in [2.05, 4.69) is 21.2 Å². The van der Waals surface area contributed by atoms with Gasteiger partial charge in [-0.3, -0.25) is 4.79 Å². The number of benzene rings is 1. The number of fused-ring (bicyclic) bond motifs is 1. The highest BCUT2D eigenvalue weighted by Gasteiger charge is 2.34. The molecule has 0 aliphatic carbocycles. The molecule has 1 aromatic heterocycles. The van der Waals surface area contributed by atoms with Crippen molar-refractivity contribution in [2.75, 3.05) is 13.6 Å². The summed E-state index contributed by atoms with van der Waals surface area (Å²) in [5, 5.41) is 2.63. The molecule has 0 fully saturated rings. The highest BCUT2D eigenvalue weighted by molar-refractivity contribution is 9.15. The highest BCUT2D eigenvalue weighted by atomic mass is 79.9. The Morgan fingerprint density at radius 2 is 1.93 bits per heavy atom. The van der Waals surface area contributed by atoms with Crippen LogP contribution in [0.3, 0.4) is 0 Å². The summed E-state index contributed by atoms with van der Waals surface area (Å²) in [6.45, 7) is 2.07. The Labute approximate surface area is 171 Å². The summed E-state index contributed by atoms with van der Waals surface area (Å²) in [4.78, 5) is 25.7. The predicted octanol–water partition coefficient (Wildman–Crippen LogP) is 2.43. The van der Waals surface area contributed by atoms with Crippen LogP contribution in [0.4, 0.5) is 0 Å². The molecule has 1 aliphatic heterocycles.